The number of hydrogen-bond donors (Lipinski definition) is 3. The van der Waals surface area contributed by atoms with E-state index in [1.807, 2.05) is 20.8 Å². The van der Waals surface area contributed by atoms with Gasteiger partial charge < -0.3 is 20.3 Å². The van der Waals surface area contributed by atoms with Gasteiger partial charge in [0.1, 0.15) is 5.60 Å². The highest BCUT2D eigenvalue weighted by Gasteiger charge is 2.18. The van der Waals surface area contributed by atoms with Crippen molar-refractivity contribution in [2.24, 2.45) is 5.92 Å². The van der Waals surface area contributed by atoms with Crippen molar-refractivity contribution in [3.63, 3.8) is 0 Å². The number of carbonyl (C=O) groups is 2. The monoisotopic (exact) mass is 275 g/mol. The van der Waals surface area contributed by atoms with Gasteiger partial charge in [0.2, 0.25) is 0 Å². The molecular weight excluding hydrogens is 250 g/mol. The highest BCUT2D eigenvalue weighted by Crippen LogP contribution is 2.22. The summed E-state index contributed by atoms with van der Waals surface area (Å²) in [6, 6.07) is 0. The van der Waals surface area contributed by atoms with Gasteiger partial charge in [-0.25, -0.2) is 9.59 Å². The Kier molecular flexibility index (Phi) is 7.95. The molecule has 0 heterocycles. The second kappa shape index (κ2) is 8.61. The van der Waals surface area contributed by atoms with Crippen molar-refractivity contribution in [2.75, 3.05) is 6.54 Å². The zero-order valence-corrected chi connectivity index (χ0v) is 11.9. The average molecular weight is 275 g/mol. The number of ether oxygens (including phenoxy) is 1. The Morgan fingerprint density at radius 1 is 1.16 bits per heavy atom. The maximum absolute atomic E-state index is 11.4. The SMILES string of the molecule is CC(C)(C)OC(=O)NCC1CCCCC1.O=C(O)O. The van der Waals surface area contributed by atoms with Crippen molar-refractivity contribution < 1.29 is 24.5 Å². The molecule has 1 saturated carbocycles. The molecule has 0 unspecified atom stereocenters. The van der Waals surface area contributed by atoms with E-state index in [9.17, 15) is 4.79 Å². The lowest BCUT2D eigenvalue weighted by molar-refractivity contribution is 0.0515. The number of hydrogen-bond acceptors (Lipinski definition) is 3. The minimum Gasteiger partial charge on any atom is -0.450 e. The fourth-order valence-electron chi connectivity index (χ4n) is 1.93. The molecule has 0 radical (unpaired) electrons. The predicted octanol–water partition coefficient (Wildman–Crippen LogP) is 3.31. The number of amides is 1. The molecule has 0 spiro atoms. The van der Waals surface area contributed by atoms with Crippen LogP contribution in [0.5, 0.6) is 0 Å². The smallest absolute Gasteiger partial charge is 0.450 e. The van der Waals surface area contributed by atoms with Gasteiger partial charge in [0.05, 0.1) is 0 Å². The average Bonchev–Trinajstić information content (AvgIpc) is 2.25. The van der Waals surface area contributed by atoms with Crippen molar-refractivity contribution in [1.82, 2.24) is 5.32 Å². The molecular formula is C13H25NO5. The van der Waals surface area contributed by atoms with Crippen LogP contribution >= 0.6 is 0 Å². The molecule has 0 aromatic rings. The minimum absolute atomic E-state index is 0.284. The van der Waals surface area contributed by atoms with Crippen LogP contribution in [0.15, 0.2) is 0 Å². The summed E-state index contributed by atoms with van der Waals surface area (Å²) in [6.45, 7) is 6.42. The van der Waals surface area contributed by atoms with Gasteiger partial charge in [0.15, 0.2) is 0 Å². The molecule has 1 aliphatic carbocycles. The van der Waals surface area contributed by atoms with Crippen LogP contribution in [0, 0.1) is 5.92 Å². The van der Waals surface area contributed by atoms with Gasteiger partial charge >= 0.3 is 12.2 Å². The standard InChI is InChI=1S/C12H23NO2.CH2O3/c1-12(2,3)15-11(14)13-9-10-7-5-4-6-8-10;2-1(3)4/h10H,4-9H2,1-3H3,(H,13,14);(H2,2,3,4). The zero-order chi connectivity index (χ0) is 14.9. The Balaban J connectivity index is 0.000000711. The lowest BCUT2D eigenvalue weighted by Crippen LogP contribution is -2.35. The van der Waals surface area contributed by atoms with Crippen molar-refractivity contribution in [3.8, 4) is 0 Å². The Hall–Kier alpha value is -1.46. The lowest BCUT2D eigenvalue weighted by Gasteiger charge is -2.24. The molecule has 0 bridgehead atoms. The number of alkyl carbamates (subject to hydrolysis) is 1. The normalized spacial score (nSPS) is 15.9. The molecule has 0 atom stereocenters. The quantitative estimate of drug-likeness (QED) is 0.718. The second-order valence-corrected chi connectivity index (χ2v) is 5.67. The predicted molar refractivity (Wildman–Crippen MR) is 71.5 cm³/mol. The molecule has 3 N–H and O–H groups in total. The van der Waals surface area contributed by atoms with Crippen LogP contribution in [0.3, 0.4) is 0 Å². The van der Waals surface area contributed by atoms with E-state index < -0.39 is 11.8 Å². The Bertz CT molecular complexity index is 275. The number of rotatable bonds is 2. The van der Waals surface area contributed by atoms with E-state index in [0.29, 0.717) is 5.92 Å². The fourth-order valence-corrected chi connectivity index (χ4v) is 1.93. The van der Waals surface area contributed by atoms with E-state index >= 15 is 0 Å². The Morgan fingerprint density at radius 3 is 2.05 bits per heavy atom. The third-order valence-electron chi connectivity index (χ3n) is 2.66. The summed E-state index contributed by atoms with van der Waals surface area (Å²) in [5.74, 6) is 0.659. The van der Waals surface area contributed by atoms with Crippen molar-refractivity contribution in [2.45, 2.75) is 58.5 Å². The van der Waals surface area contributed by atoms with Gasteiger partial charge in [0.25, 0.3) is 0 Å². The lowest BCUT2D eigenvalue weighted by atomic mass is 9.89. The van der Waals surface area contributed by atoms with Crippen molar-refractivity contribution >= 4 is 12.2 Å². The van der Waals surface area contributed by atoms with Gasteiger partial charge in [-0.15, -0.1) is 0 Å². The van der Waals surface area contributed by atoms with Gasteiger partial charge in [-0.3, -0.25) is 0 Å². The first-order chi connectivity index (χ1) is 8.70. The summed E-state index contributed by atoms with van der Waals surface area (Å²) >= 11 is 0. The summed E-state index contributed by atoms with van der Waals surface area (Å²) in [7, 11) is 0. The first kappa shape index (κ1) is 17.5. The highest BCUT2D eigenvalue weighted by atomic mass is 16.6. The first-order valence-corrected chi connectivity index (χ1v) is 6.59. The van der Waals surface area contributed by atoms with E-state index in [0.717, 1.165) is 6.54 Å². The summed E-state index contributed by atoms with van der Waals surface area (Å²) < 4.78 is 5.18. The molecule has 1 aliphatic rings. The van der Waals surface area contributed by atoms with E-state index in [1.54, 1.807) is 0 Å². The van der Waals surface area contributed by atoms with Gasteiger partial charge in [-0.2, -0.15) is 0 Å². The molecule has 6 nitrogen and oxygen atoms in total. The van der Waals surface area contributed by atoms with Gasteiger partial charge in [-0.05, 0) is 39.5 Å². The fraction of sp³-hybridized carbons (Fsp3) is 0.846. The van der Waals surface area contributed by atoms with Crippen LogP contribution in [-0.4, -0.2) is 34.6 Å². The van der Waals surface area contributed by atoms with E-state index in [1.165, 1.54) is 32.1 Å². The maximum Gasteiger partial charge on any atom is 0.503 e. The summed E-state index contributed by atoms with van der Waals surface area (Å²) in [5.41, 5.74) is -0.392. The summed E-state index contributed by atoms with van der Waals surface area (Å²) in [4.78, 5) is 19.9. The topological polar surface area (TPSA) is 95.9 Å². The molecule has 112 valence electrons. The molecule has 0 saturated heterocycles. The number of carbonyl (C=O) groups excluding carboxylic acids is 1. The van der Waals surface area contributed by atoms with E-state index in [4.69, 9.17) is 19.7 Å². The molecule has 6 heteroatoms. The second-order valence-electron chi connectivity index (χ2n) is 5.67. The summed E-state index contributed by atoms with van der Waals surface area (Å²) in [5, 5.41) is 16.8. The van der Waals surface area contributed by atoms with Crippen molar-refractivity contribution in [3.05, 3.63) is 0 Å². The van der Waals surface area contributed by atoms with Crippen LogP contribution in [0.1, 0.15) is 52.9 Å². The van der Waals surface area contributed by atoms with Crippen LogP contribution in [0.2, 0.25) is 0 Å². The highest BCUT2D eigenvalue weighted by molar-refractivity contribution is 5.67. The van der Waals surface area contributed by atoms with Gasteiger partial charge in [0, 0.05) is 6.54 Å². The maximum atomic E-state index is 11.4. The molecule has 1 rings (SSSR count). The van der Waals surface area contributed by atoms with E-state index in [2.05, 4.69) is 5.32 Å². The molecule has 1 amide bonds. The van der Waals surface area contributed by atoms with Crippen LogP contribution in [0.25, 0.3) is 0 Å². The van der Waals surface area contributed by atoms with E-state index in [-0.39, 0.29) is 6.09 Å². The Morgan fingerprint density at radius 2 is 1.63 bits per heavy atom. The minimum atomic E-state index is -1.83. The third kappa shape index (κ3) is 12.8. The first-order valence-electron chi connectivity index (χ1n) is 6.59. The Labute approximate surface area is 114 Å². The number of carboxylic acid groups (broad SMARTS) is 2. The molecule has 1 fully saturated rings. The largest absolute Gasteiger partial charge is 0.503 e. The van der Waals surface area contributed by atoms with Crippen molar-refractivity contribution in [1.29, 1.82) is 0 Å². The molecule has 0 aromatic heterocycles. The molecule has 0 aromatic carbocycles. The summed E-state index contributed by atoms with van der Waals surface area (Å²) in [6.07, 6.45) is 4.34. The van der Waals surface area contributed by atoms with Crippen LogP contribution in [0.4, 0.5) is 9.59 Å². The number of nitrogens with one attached hydrogen (secondary N) is 1. The molecule has 19 heavy (non-hydrogen) atoms. The molecule has 0 aliphatic heterocycles. The zero-order valence-electron chi connectivity index (χ0n) is 11.9. The third-order valence-corrected chi connectivity index (χ3v) is 2.66. The van der Waals surface area contributed by atoms with Crippen LogP contribution < -0.4 is 5.32 Å². The van der Waals surface area contributed by atoms with Crippen LogP contribution in [-0.2, 0) is 4.74 Å². The van der Waals surface area contributed by atoms with Gasteiger partial charge in [-0.1, -0.05) is 19.3 Å².